The molecule has 0 aromatic rings. The standard InChI is InChI=1S/C12H15N3O6/c1-12(2)20-9-6(4-5-7(16)18-3)19-11(17)8(14-15-13)10(9)21-12/h4-6,8-10H,1-3H3/b5-4+/t6-,8+,9-,10-/m1/s1. The maximum Gasteiger partial charge on any atom is 0.330 e. The highest BCUT2D eigenvalue weighted by molar-refractivity contribution is 5.82. The van der Waals surface area contributed by atoms with Gasteiger partial charge in [-0.05, 0) is 25.5 Å². The van der Waals surface area contributed by atoms with E-state index in [1.54, 1.807) is 13.8 Å². The normalized spacial score (nSPS) is 34.0. The van der Waals surface area contributed by atoms with Crippen LogP contribution < -0.4 is 0 Å². The first kappa shape index (κ1) is 15.3. The van der Waals surface area contributed by atoms with Gasteiger partial charge in [0, 0.05) is 11.0 Å². The minimum Gasteiger partial charge on any atom is -0.466 e. The highest BCUT2D eigenvalue weighted by Crippen LogP contribution is 2.37. The van der Waals surface area contributed by atoms with Crippen LogP contribution in [0.25, 0.3) is 10.4 Å². The smallest absolute Gasteiger partial charge is 0.330 e. The maximum atomic E-state index is 11.9. The van der Waals surface area contributed by atoms with Gasteiger partial charge in [-0.3, -0.25) is 4.79 Å². The molecule has 0 radical (unpaired) electrons. The average Bonchev–Trinajstić information content (AvgIpc) is 2.75. The maximum absolute atomic E-state index is 11.9. The van der Waals surface area contributed by atoms with Crippen LogP contribution in [-0.2, 0) is 28.5 Å². The molecule has 9 nitrogen and oxygen atoms in total. The molecule has 2 aliphatic rings. The van der Waals surface area contributed by atoms with Gasteiger partial charge >= 0.3 is 11.9 Å². The minimum atomic E-state index is -1.12. The third kappa shape index (κ3) is 3.15. The summed E-state index contributed by atoms with van der Waals surface area (Å²) in [6, 6.07) is -1.12. The molecule has 0 amide bonds. The SMILES string of the molecule is COC(=O)/C=C/[C@H]1OC(=O)[C@@H](N=[N+]=[N-])[C@H]2OC(C)(C)O[C@@H]21. The molecule has 0 aromatic carbocycles. The molecule has 4 atom stereocenters. The second-order valence-electron chi connectivity index (χ2n) is 5.00. The van der Waals surface area contributed by atoms with Crippen molar-refractivity contribution in [2.45, 2.75) is 44.0 Å². The lowest BCUT2D eigenvalue weighted by molar-refractivity contribution is -0.166. The Bertz CT molecular complexity index is 525. The number of fused-ring (bicyclic) bond motifs is 1. The van der Waals surface area contributed by atoms with E-state index < -0.39 is 42.1 Å². The van der Waals surface area contributed by atoms with Crippen molar-refractivity contribution >= 4 is 11.9 Å². The molecule has 0 bridgehead atoms. The number of rotatable bonds is 3. The van der Waals surface area contributed by atoms with E-state index in [2.05, 4.69) is 14.8 Å². The first-order chi connectivity index (χ1) is 9.88. The van der Waals surface area contributed by atoms with Crippen LogP contribution in [0.2, 0.25) is 0 Å². The number of carbonyl (C=O) groups is 2. The number of azide groups is 1. The Balaban J connectivity index is 2.26. The summed E-state index contributed by atoms with van der Waals surface area (Å²) in [5.41, 5.74) is 8.54. The van der Waals surface area contributed by atoms with Gasteiger partial charge in [0.2, 0.25) is 0 Å². The molecule has 0 aliphatic carbocycles. The number of methoxy groups -OCH3 is 1. The quantitative estimate of drug-likeness (QED) is 0.250. The van der Waals surface area contributed by atoms with Crippen LogP contribution in [-0.4, -0.2) is 49.2 Å². The van der Waals surface area contributed by atoms with Crippen molar-refractivity contribution in [3.05, 3.63) is 22.6 Å². The van der Waals surface area contributed by atoms with Crippen LogP contribution in [0.3, 0.4) is 0 Å². The Morgan fingerprint density at radius 1 is 1.43 bits per heavy atom. The summed E-state index contributed by atoms with van der Waals surface area (Å²) in [5.74, 6) is -2.27. The topological polar surface area (TPSA) is 120 Å². The van der Waals surface area contributed by atoms with Crippen molar-refractivity contribution in [3.8, 4) is 0 Å². The van der Waals surface area contributed by atoms with Gasteiger partial charge in [-0.2, -0.15) is 0 Å². The van der Waals surface area contributed by atoms with Crippen LogP contribution in [0.15, 0.2) is 17.3 Å². The number of esters is 2. The molecule has 9 heteroatoms. The Hall–Kier alpha value is -2.09. The molecule has 0 saturated carbocycles. The molecule has 0 spiro atoms. The van der Waals surface area contributed by atoms with E-state index in [9.17, 15) is 9.59 Å². The van der Waals surface area contributed by atoms with E-state index >= 15 is 0 Å². The van der Waals surface area contributed by atoms with E-state index in [0.29, 0.717) is 0 Å². The number of cyclic esters (lactones) is 1. The highest BCUT2D eigenvalue weighted by Gasteiger charge is 2.54. The molecule has 2 heterocycles. The molecule has 0 aromatic heterocycles. The highest BCUT2D eigenvalue weighted by atomic mass is 16.8. The van der Waals surface area contributed by atoms with Crippen molar-refractivity contribution in [1.82, 2.24) is 0 Å². The monoisotopic (exact) mass is 297 g/mol. The van der Waals surface area contributed by atoms with Crippen molar-refractivity contribution in [3.63, 3.8) is 0 Å². The Kier molecular flexibility index (Phi) is 4.17. The lowest BCUT2D eigenvalue weighted by Gasteiger charge is -2.32. The Morgan fingerprint density at radius 2 is 2.10 bits per heavy atom. The molecule has 2 rings (SSSR count). The fraction of sp³-hybridized carbons (Fsp3) is 0.667. The molecule has 2 saturated heterocycles. The summed E-state index contributed by atoms with van der Waals surface area (Å²) in [6.45, 7) is 3.34. The zero-order valence-corrected chi connectivity index (χ0v) is 11.8. The first-order valence-corrected chi connectivity index (χ1v) is 6.24. The number of hydrogen-bond acceptors (Lipinski definition) is 7. The van der Waals surface area contributed by atoms with Crippen LogP contribution in [0.1, 0.15) is 13.8 Å². The van der Waals surface area contributed by atoms with Crippen LogP contribution in [0.4, 0.5) is 0 Å². The third-order valence-electron chi connectivity index (χ3n) is 3.09. The van der Waals surface area contributed by atoms with Crippen molar-refractivity contribution in [2.75, 3.05) is 7.11 Å². The summed E-state index contributed by atoms with van der Waals surface area (Å²) >= 11 is 0. The molecular formula is C12H15N3O6. The van der Waals surface area contributed by atoms with Crippen molar-refractivity contribution < 1.29 is 28.5 Å². The number of ether oxygens (including phenoxy) is 4. The van der Waals surface area contributed by atoms with Gasteiger partial charge in [0.1, 0.15) is 18.3 Å². The predicted octanol–water partition coefficient (Wildman–Crippen LogP) is 0.840. The Morgan fingerprint density at radius 3 is 2.71 bits per heavy atom. The van der Waals surface area contributed by atoms with Crippen LogP contribution in [0, 0.1) is 0 Å². The second kappa shape index (κ2) is 5.72. The van der Waals surface area contributed by atoms with E-state index in [0.717, 1.165) is 6.08 Å². The van der Waals surface area contributed by atoms with E-state index in [-0.39, 0.29) is 0 Å². The van der Waals surface area contributed by atoms with Crippen molar-refractivity contribution in [2.24, 2.45) is 5.11 Å². The van der Waals surface area contributed by atoms with Crippen LogP contribution in [0.5, 0.6) is 0 Å². The van der Waals surface area contributed by atoms with E-state index in [1.165, 1.54) is 13.2 Å². The van der Waals surface area contributed by atoms with Gasteiger partial charge in [-0.1, -0.05) is 5.11 Å². The van der Waals surface area contributed by atoms with Gasteiger partial charge in [0.15, 0.2) is 11.8 Å². The first-order valence-electron chi connectivity index (χ1n) is 6.24. The largest absolute Gasteiger partial charge is 0.466 e. The Labute approximate surface area is 120 Å². The van der Waals surface area contributed by atoms with Gasteiger partial charge in [0.05, 0.1) is 7.11 Å². The summed E-state index contributed by atoms with van der Waals surface area (Å²) in [6.07, 6.45) is 0.225. The summed E-state index contributed by atoms with van der Waals surface area (Å²) in [5, 5.41) is 3.40. The van der Waals surface area contributed by atoms with E-state index in [4.69, 9.17) is 19.7 Å². The fourth-order valence-corrected chi connectivity index (χ4v) is 2.28. The number of nitrogens with zero attached hydrogens (tertiary/aromatic N) is 3. The molecule has 2 fully saturated rings. The van der Waals surface area contributed by atoms with Gasteiger partial charge < -0.3 is 18.9 Å². The predicted molar refractivity (Wildman–Crippen MR) is 67.8 cm³/mol. The summed E-state index contributed by atoms with van der Waals surface area (Å²) in [7, 11) is 1.23. The fourth-order valence-electron chi connectivity index (χ4n) is 2.28. The third-order valence-corrected chi connectivity index (χ3v) is 3.09. The van der Waals surface area contributed by atoms with E-state index in [1.807, 2.05) is 0 Å². The van der Waals surface area contributed by atoms with Gasteiger partial charge in [-0.25, -0.2) is 4.79 Å². The molecule has 0 unspecified atom stereocenters. The zero-order valence-electron chi connectivity index (χ0n) is 11.8. The van der Waals surface area contributed by atoms with Crippen molar-refractivity contribution in [1.29, 1.82) is 0 Å². The molecular weight excluding hydrogens is 282 g/mol. The second-order valence-corrected chi connectivity index (χ2v) is 5.00. The average molecular weight is 297 g/mol. The van der Waals surface area contributed by atoms with Gasteiger partial charge in [0.25, 0.3) is 0 Å². The number of carbonyl (C=O) groups excluding carboxylic acids is 2. The summed E-state index contributed by atoms with van der Waals surface area (Å²) in [4.78, 5) is 25.7. The molecule has 0 N–H and O–H groups in total. The molecule has 2 aliphatic heterocycles. The zero-order chi connectivity index (χ0) is 15.6. The molecule has 114 valence electrons. The summed E-state index contributed by atoms with van der Waals surface area (Å²) < 4.78 is 20.9. The van der Waals surface area contributed by atoms with Gasteiger partial charge in [-0.15, -0.1) is 0 Å². The minimum absolute atomic E-state index is 0.585. The van der Waals surface area contributed by atoms with Crippen LogP contribution >= 0.6 is 0 Å². The molecule has 21 heavy (non-hydrogen) atoms. The lowest BCUT2D eigenvalue weighted by Crippen LogP contribution is -2.52. The number of hydrogen-bond donors (Lipinski definition) is 0. The lowest BCUT2D eigenvalue weighted by atomic mass is 9.98.